The fourth-order valence-corrected chi connectivity index (χ4v) is 3.13. The minimum absolute atomic E-state index is 0.398. The summed E-state index contributed by atoms with van der Waals surface area (Å²) in [5.74, 6) is 0. The van der Waals surface area contributed by atoms with Crippen LogP contribution in [-0.2, 0) is 0 Å². The van der Waals surface area contributed by atoms with Gasteiger partial charge in [-0.1, -0.05) is 17.7 Å². The molecule has 1 unspecified atom stereocenters. The largest absolute Gasteiger partial charge is 0.312 e. The van der Waals surface area contributed by atoms with Gasteiger partial charge in [0.15, 0.2) is 0 Å². The van der Waals surface area contributed by atoms with Crippen LogP contribution in [0.15, 0.2) is 12.1 Å². The summed E-state index contributed by atoms with van der Waals surface area (Å²) in [4.78, 5) is 4.68. The molecule has 1 aromatic carbocycles. The number of benzene rings is 1. The van der Waals surface area contributed by atoms with Gasteiger partial charge in [0.05, 0.1) is 0 Å². The molecule has 0 saturated heterocycles. The van der Waals surface area contributed by atoms with Crippen LogP contribution in [0.2, 0.25) is 0 Å². The normalized spacial score (nSPS) is 13.2. The van der Waals surface area contributed by atoms with Gasteiger partial charge in [-0.2, -0.15) is 0 Å². The Hall–Kier alpha value is -0.900. The number of aryl methyl sites for hydroxylation is 3. The Kier molecular flexibility index (Phi) is 7.36. The Morgan fingerprint density at radius 3 is 2.05 bits per heavy atom. The van der Waals surface area contributed by atoms with Gasteiger partial charge in [0, 0.05) is 12.6 Å². The first-order chi connectivity index (χ1) is 9.85. The minimum Gasteiger partial charge on any atom is -0.312 e. The molecule has 0 amide bonds. The molecule has 0 heterocycles. The average Bonchev–Trinajstić information content (AvgIpc) is 2.35. The first-order valence-corrected chi connectivity index (χ1v) is 7.93. The van der Waals surface area contributed by atoms with Gasteiger partial charge >= 0.3 is 0 Å². The van der Waals surface area contributed by atoms with E-state index in [4.69, 9.17) is 0 Å². The summed E-state index contributed by atoms with van der Waals surface area (Å²) in [6.07, 6.45) is 1.21. The summed E-state index contributed by atoms with van der Waals surface area (Å²) < 4.78 is 0. The molecule has 120 valence electrons. The second-order valence-electron chi connectivity index (χ2n) is 6.57. The summed E-state index contributed by atoms with van der Waals surface area (Å²) in [6, 6.07) is 4.98. The van der Waals surface area contributed by atoms with Crippen LogP contribution >= 0.6 is 0 Å². The predicted octanol–water partition coefficient (Wildman–Crippen LogP) is 2.76. The maximum Gasteiger partial charge on any atom is 0.0452 e. The predicted molar refractivity (Wildman–Crippen MR) is 93.1 cm³/mol. The van der Waals surface area contributed by atoms with E-state index in [-0.39, 0.29) is 0 Å². The summed E-state index contributed by atoms with van der Waals surface area (Å²) >= 11 is 0. The molecule has 0 aliphatic carbocycles. The Balaban J connectivity index is 2.71. The van der Waals surface area contributed by atoms with Crippen LogP contribution in [-0.4, -0.2) is 57.6 Å². The average molecular weight is 291 g/mol. The topological polar surface area (TPSA) is 18.5 Å². The van der Waals surface area contributed by atoms with Gasteiger partial charge in [0.1, 0.15) is 0 Å². The third-order valence-corrected chi connectivity index (χ3v) is 4.07. The van der Waals surface area contributed by atoms with E-state index in [1.165, 1.54) is 28.7 Å². The number of nitrogens with zero attached hydrogens (tertiary/aromatic N) is 2. The van der Waals surface area contributed by atoms with Crippen molar-refractivity contribution >= 4 is 0 Å². The van der Waals surface area contributed by atoms with Crippen molar-refractivity contribution < 1.29 is 0 Å². The van der Waals surface area contributed by atoms with Gasteiger partial charge < -0.3 is 15.1 Å². The smallest absolute Gasteiger partial charge is 0.0452 e. The van der Waals surface area contributed by atoms with Crippen molar-refractivity contribution in [3.8, 4) is 0 Å². The summed E-state index contributed by atoms with van der Waals surface area (Å²) in [5.41, 5.74) is 5.60. The molecule has 1 rings (SSSR count). The first-order valence-electron chi connectivity index (χ1n) is 7.93. The highest BCUT2D eigenvalue weighted by molar-refractivity contribution is 5.39. The lowest BCUT2D eigenvalue weighted by molar-refractivity contribution is 0.274. The fraction of sp³-hybridized carbons (Fsp3) is 0.667. The highest BCUT2D eigenvalue weighted by Crippen LogP contribution is 2.24. The van der Waals surface area contributed by atoms with Crippen LogP contribution in [0.3, 0.4) is 0 Å². The van der Waals surface area contributed by atoms with Gasteiger partial charge in [-0.05, 0) is 85.2 Å². The van der Waals surface area contributed by atoms with E-state index in [1.807, 2.05) is 0 Å². The molecule has 21 heavy (non-hydrogen) atoms. The molecular formula is C18H33N3. The van der Waals surface area contributed by atoms with E-state index < -0.39 is 0 Å². The zero-order valence-corrected chi connectivity index (χ0v) is 15.0. The second kappa shape index (κ2) is 8.52. The summed E-state index contributed by atoms with van der Waals surface area (Å²) in [5, 5.41) is 3.50. The maximum atomic E-state index is 3.50. The zero-order valence-electron chi connectivity index (χ0n) is 15.0. The third-order valence-electron chi connectivity index (χ3n) is 4.07. The molecule has 0 fully saturated rings. The van der Waals surface area contributed by atoms with Crippen LogP contribution in [0.4, 0.5) is 0 Å². The molecule has 1 atom stereocenters. The lowest BCUT2D eigenvalue weighted by atomic mass is 9.94. The van der Waals surface area contributed by atoms with Gasteiger partial charge in [0.2, 0.25) is 0 Å². The number of likely N-dealkylation sites (N-methyl/N-ethyl adjacent to an activating group) is 2. The molecule has 0 bridgehead atoms. The van der Waals surface area contributed by atoms with E-state index in [0.29, 0.717) is 6.04 Å². The van der Waals surface area contributed by atoms with Gasteiger partial charge in [-0.3, -0.25) is 0 Å². The summed E-state index contributed by atoms with van der Waals surface area (Å²) in [6.45, 7) is 9.97. The standard InChI is InChI=1S/C18H33N3/c1-14-11-15(2)18(16(3)12-14)17(19-4)13-21(7)10-8-9-20(5)6/h11-12,17,19H,8-10,13H2,1-7H3. The van der Waals surface area contributed by atoms with Crippen LogP contribution < -0.4 is 5.32 Å². The van der Waals surface area contributed by atoms with Gasteiger partial charge in [-0.25, -0.2) is 0 Å². The Bertz CT molecular complexity index is 417. The van der Waals surface area contributed by atoms with Crippen LogP contribution in [0.25, 0.3) is 0 Å². The monoisotopic (exact) mass is 291 g/mol. The molecule has 3 nitrogen and oxygen atoms in total. The van der Waals surface area contributed by atoms with Gasteiger partial charge in [0.25, 0.3) is 0 Å². The quantitative estimate of drug-likeness (QED) is 0.794. The molecule has 0 spiro atoms. The lowest BCUT2D eigenvalue weighted by Crippen LogP contribution is -2.33. The van der Waals surface area contributed by atoms with Crippen molar-refractivity contribution in [2.45, 2.75) is 33.2 Å². The maximum absolute atomic E-state index is 3.50. The first kappa shape index (κ1) is 18.1. The van der Waals surface area contributed by atoms with Crippen molar-refractivity contribution in [3.05, 3.63) is 34.4 Å². The second-order valence-corrected chi connectivity index (χ2v) is 6.57. The Morgan fingerprint density at radius 2 is 1.57 bits per heavy atom. The molecule has 0 aromatic heterocycles. The van der Waals surface area contributed by atoms with Crippen molar-refractivity contribution in [1.82, 2.24) is 15.1 Å². The number of nitrogens with one attached hydrogen (secondary N) is 1. The van der Waals surface area contributed by atoms with Crippen molar-refractivity contribution in [1.29, 1.82) is 0 Å². The zero-order chi connectivity index (χ0) is 16.0. The molecule has 0 saturated carbocycles. The van der Waals surface area contributed by atoms with E-state index in [9.17, 15) is 0 Å². The van der Waals surface area contributed by atoms with E-state index in [2.05, 4.69) is 76.2 Å². The third kappa shape index (κ3) is 5.77. The van der Waals surface area contributed by atoms with Gasteiger partial charge in [-0.15, -0.1) is 0 Å². The Labute approximate surface area is 131 Å². The molecule has 1 N–H and O–H groups in total. The fourth-order valence-electron chi connectivity index (χ4n) is 3.13. The Morgan fingerprint density at radius 1 is 1.00 bits per heavy atom. The molecule has 0 radical (unpaired) electrons. The highest BCUT2D eigenvalue weighted by Gasteiger charge is 2.16. The number of hydrogen-bond donors (Lipinski definition) is 1. The minimum atomic E-state index is 0.398. The molecule has 0 aliphatic rings. The van der Waals surface area contributed by atoms with Crippen molar-refractivity contribution in [2.75, 3.05) is 47.8 Å². The molecule has 0 aliphatic heterocycles. The van der Waals surface area contributed by atoms with Crippen LogP contribution in [0.1, 0.15) is 34.7 Å². The van der Waals surface area contributed by atoms with Crippen LogP contribution in [0.5, 0.6) is 0 Å². The van der Waals surface area contributed by atoms with E-state index in [1.54, 1.807) is 0 Å². The molecular weight excluding hydrogens is 258 g/mol. The summed E-state index contributed by atoms with van der Waals surface area (Å²) in [7, 11) is 8.56. The number of rotatable bonds is 8. The number of hydrogen-bond acceptors (Lipinski definition) is 3. The van der Waals surface area contributed by atoms with E-state index in [0.717, 1.165) is 19.6 Å². The van der Waals surface area contributed by atoms with Crippen molar-refractivity contribution in [3.63, 3.8) is 0 Å². The van der Waals surface area contributed by atoms with Crippen molar-refractivity contribution in [2.24, 2.45) is 0 Å². The molecule has 3 heteroatoms. The lowest BCUT2D eigenvalue weighted by Gasteiger charge is -2.27. The molecule has 1 aromatic rings. The highest BCUT2D eigenvalue weighted by atomic mass is 15.1. The van der Waals surface area contributed by atoms with Crippen LogP contribution in [0, 0.1) is 20.8 Å². The SMILES string of the molecule is CNC(CN(C)CCCN(C)C)c1c(C)cc(C)cc1C. The van der Waals surface area contributed by atoms with E-state index >= 15 is 0 Å².